The quantitative estimate of drug-likeness (QED) is 0.657. The zero-order chi connectivity index (χ0) is 15.3. The maximum absolute atomic E-state index is 12.6. The first-order valence-corrected chi connectivity index (χ1v) is 9.64. The Morgan fingerprint density at radius 1 is 0.818 bits per heavy atom. The van der Waals surface area contributed by atoms with E-state index < -0.39 is 0 Å². The summed E-state index contributed by atoms with van der Waals surface area (Å²) < 4.78 is 0. The zero-order valence-electron chi connectivity index (χ0n) is 14.0. The number of ketones is 2. The summed E-state index contributed by atoms with van der Waals surface area (Å²) in [4.78, 5) is 24.4. The molecule has 0 aromatic carbocycles. The molecule has 0 spiro atoms. The van der Waals surface area contributed by atoms with Crippen LogP contribution in [0.1, 0.15) is 77.6 Å². The Labute approximate surface area is 134 Å². The summed E-state index contributed by atoms with van der Waals surface area (Å²) in [7, 11) is 0. The largest absolute Gasteiger partial charge is 0.300 e. The highest BCUT2D eigenvalue weighted by molar-refractivity contribution is 5.85. The van der Waals surface area contributed by atoms with Crippen LogP contribution in [0.25, 0.3) is 0 Å². The molecule has 4 aliphatic carbocycles. The van der Waals surface area contributed by atoms with Crippen LogP contribution in [0, 0.1) is 35.0 Å². The standard InChI is InChI=1S/C20H30O2/c1-20-12-11-16-15-10-8-14(21)7-5-13(15)6-9-17(16)18(20)3-2-4-19(20)22/h13,15-18H,2-12H2,1H3. The van der Waals surface area contributed by atoms with E-state index in [1.807, 2.05) is 0 Å². The lowest BCUT2D eigenvalue weighted by molar-refractivity contribution is -0.145. The van der Waals surface area contributed by atoms with E-state index >= 15 is 0 Å². The summed E-state index contributed by atoms with van der Waals surface area (Å²) >= 11 is 0. The van der Waals surface area contributed by atoms with Gasteiger partial charge in [-0.05, 0) is 81.0 Å². The van der Waals surface area contributed by atoms with Crippen LogP contribution in [-0.4, -0.2) is 11.6 Å². The van der Waals surface area contributed by atoms with Crippen LogP contribution in [0.3, 0.4) is 0 Å². The van der Waals surface area contributed by atoms with Gasteiger partial charge >= 0.3 is 0 Å². The Bertz CT molecular complexity index is 482. The Hall–Kier alpha value is -0.660. The monoisotopic (exact) mass is 302 g/mol. The molecule has 4 aliphatic rings. The van der Waals surface area contributed by atoms with Gasteiger partial charge in [-0.3, -0.25) is 9.59 Å². The van der Waals surface area contributed by atoms with E-state index in [1.165, 1.54) is 25.7 Å². The summed E-state index contributed by atoms with van der Waals surface area (Å²) in [5.41, 5.74) is -0.00714. The molecule has 2 heteroatoms. The summed E-state index contributed by atoms with van der Waals surface area (Å²) in [6.45, 7) is 2.28. The van der Waals surface area contributed by atoms with Gasteiger partial charge in [0.05, 0.1) is 0 Å². The van der Waals surface area contributed by atoms with Crippen molar-refractivity contribution in [2.24, 2.45) is 35.0 Å². The minimum atomic E-state index is -0.00714. The van der Waals surface area contributed by atoms with Crippen LogP contribution >= 0.6 is 0 Å². The molecule has 0 radical (unpaired) electrons. The van der Waals surface area contributed by atoms with Gasteiger partial charge in [-0.1, -0.05) is 6.92 Å². The van der Waals surface area contributed by atoms with Gasteiger partial charge in [0, 0.05) is 24.7 Å². The van der Waals surface area contributed by atoms with E-state index in [1.54, 1.807) is 0 Å². The van der Waals surface area contributed by atoms with Gasteiger partial charge in [-0.2, -0.15) is 0 Å². The van der Waals surface area contributed by atoms with Crippen LogP contribution in [0.5, 0.6) is 0 Å². The molecular weight excluding hydrogens is 272 g/mol. The average molecular weight is 302 g/mol. The molecule has 0 N–H and O–H groups in total. The van der Waals surface area contributed by atoms with Crippen LogP contribution in [0.15, 0.2) is 0 Å². The highest BCUT2D eigenvalue weighted by atomic mass is 16.1. The molecule has 4 fully saturated rings. The summed E-state index contributed by atoms with van der Waals surface area (Å²) in [5.74, 6) is 4.88. The average Bonchev–Trinajstić information content (AvgIpc) is 2.70. The SMILES string of the molecule is CC12CCC3C4CCC(=O)CCC4CCC3C1CCCC2=O. The van der Waals surface area contributed by atoms with Gasteiger partial charge in [0.1, 0.15) is 11.6 Å². The predicted octanol–water partition coefficient (Wildman–Crippen LogP) is 4.56. The van der Waals surface area contributed by atoms with Crippen molar-refractivity contribution >= 4 is 11.6 Å². The highest BCUT2D eigenvalue weighted by Crippen LogP contribution is 2.59. The van der Waals surface area contributed by atoms with E-state index in [9.17, 15) is 9.59 Å². The highest BCUT2D eigenvalue weighted by Gasteiger charge is 2.54. The number of carbonyl (C=O) groups excluding carboxylic acids is 2. The Kier molecular flexibility index (Phi) is 3.70. The Morgan fingerprint density at radius 2 is 1.64 bits per heavy atom. The van der Waals surface area contributed by atoms with Gasteiger partial charge < -0.3 is 0 Å². The predicted molar refractivity (Wildman–Crippen MR) is 86.4 cm³/mol. The van der Waals surface area contributed by atoms with Crippen molar-refractivity contribution in [3.63, 3.8) is 0 Å². The number of carbonyl (C=O) groups is 2. The molecule has 0 aromatic heterocycles. The van der Waals surface area contributed by atoms with Crippen LogP contribution in [0.4, 0.5) is 0 Å². The molecule has 4 rings (SSSR count). The van der Waals surface area contributed by atoms with E-state index in [-0.39, 0.29) is 5.41 Å². The second-order valence-corrected chi connectivity index (χ2v) is 8.82. The lowest BCUT2D eigenvalue weighted by Crippen LogP contribution is -2.52. The molecule has 22 heavy (non-hydrogen) atoms. The molecule has 0 saturated heterocycles. The summed E-state index contributed by atoms with van der Waals surface area (Å²) in [6, 6.07) is 0. The minimum Gasteiger partial charge on any atom is -0.300 e. The fraction of sp³-hybridized carbons (Fsp3) is 0.900. The van der Waals surface area contributed by atoms with Crippen molar-refractivity contribution in [3.05, 3.63) is 0 Å². The number of rotatable bonds is 0. The van der Waals surface area contributed by atoms with Gasteiger partial charge in [0.2, 0.25) is 0 Å². The molecule has 122 valence electrons. The second-order valence-electron chi connectivity index (χ2n) is 8.82. The maximum atomic E-state index is 12.6. The van der Waals surface area contributed by atoms with Crippen LogP contribution < -0.4 is 0 Å². The number of hydrogen-bond acceptors (Lipinski definition) is 2. The smallest absolute Gasteiger partial charge is 0.139 e. The third-order valence-corrected chi connectivity index (χ3v) is 8.01. The van der Waals surface area contributed by atoms with Crippen molar-refractivity contribution in [1.29, 1.82) is 0 Å². The minimum absolute atomic E-state index is 0.00714. The molecule has 2 nitrogen and oxygen atoms in total. The molecule has 4 saturated carbocycles. The van der Waals surface area contributed by atoms with Crippen molar-refractivity contribution in [1.82, 2.24) is 0 Å². The van der Waals surface area contributed by atoms with E-state index in [2.05, 4.69) is 6.92 Å². The van der Waals surface area contributed by atoms with Gasteiger partial charge in [0.25, 0.3) is 0 Å². The molecule has 6 unspecified atom stereocenters. The molecule has 0 aliphatic heterocycles. The van der Waals surface area contributed by atoms with E-state index in [0.717, 1.165) is 68.6 Å². The topological polar surface area (TPSA) is 34.1 Å². The summed E-state index contributed by atoms with van der Waals surface area (Å²) in [6.07, 6.45) is 12.2. The first kappa shape index (κ1) is 14.9. The number of fused-ring (bicyclic) bond motifs is 5. The Morgan fingerprint density at radius 3 is 2.50 bits per heavy atom. The van der Waals surface area contributed by atoms with E-state index in [0.29, 0.717) is 17.5 Å². The maximum Gasteiger partial charge on any atom is 0.139 e. The molecular formula is C20H30O2. The Balaban J connectivity index is 1.59. The van der Waals surface area contributed by atoms with Crippen molar-refractivity contribution in [2.45, 2.75) is 77.6 Å². The molecule has 6 atom stereocenters. The first-order chi connectivity index (χ1) is 10.6. The first-order valence-electron chi connectivity index (χ1n) is 9.64. The van der Waals surface area contributed by atoms with Crippen LogP contribution in [-0.2, 0) is 9.59 Å². The van der Waals surface area contributed by atoms with E-state index in [4.69, 9.17) is 0 Å². The third-order valence-electron chi connectivity index (χ3n) is 8.01. The van der Waals surface area contributed by atoms with Crippen molar-refractivity contribution in [3.8, 4) is 0 Å². The van der Waals surface area contributed by atoms with Gasteiger partial charge in [-0.25, -0.2) is 0 Å². The lowest BCUT2D eigenvalue weighted by atomic mass is 9.48. The fourth-order valence-corrected chi connectivity index (χ4v) is 6.81. The lowest BCUT2D eigenvalue weighted by Gasteiger charge is -2.56. The van der Waals surface area contributed by atoms with Crippen molar-refractivity contribution in [2.75, 3.05) is 0 Å². The van der Waals surface area contributed by atoms with Crippen molar-refractivity contribution < 1.29 is 9.59 Å². The summed E-state index contributed by atoms with van der Waals surface area (Å²) in [5, 5.41) is 0. The normalized spacial score (nSPS) is 48.9. The number of hydrogen-bond donors (Lipinski definition) is 0. The third kappa shape index (κ3) is 2.20. The number of Topliss-reactive ketones (excluding diaryl/α,β-unsaturated/α-hetero) is 2. The van der Waals surface area contributed by atoms with Gasteiger partial charge in [0.15, 0.2) is 0 Å². The molecule has 0 aromatic rings. The molecule has 0 amide bonds. The van der Waals surface area contributed by atoms with Gasteiger partial charge in [-0.15, -0.1) is 0 Å². The fourth-order valence-electron chi connectivity index (χ4n) is 6.81. The second kappa shape index (κ2) is 5.46. The molecule has 0 bridgehead atoms. The molecule has 0 heterocycles. The zero-order valence-corrected chi connectivity index (χ0v) is 14.0. The van der Waals surface area contributed by atoms with Crippen LogP contribution in [0.2, 0.25) is 0 Å².